The third-order valence-electron chi connectivity index (χ3n) is 2.38. The second-order valence-electron chi connectivity index (χ2n) is 3.79. The summed E-state index contributed by atoms with van der Waals surface area (Å²) in [4.78, 5) is 15.4. The Morgan fingerprint density at radius 2 is 1.80 bits per heavy atom. The predicted octanol–water partition coefficient (Wildman–Crippen LogP) is 2.99. The highest BCUT2D eigenvalue weighted by atomic mass is 35.5. The molecule has 3 N–H and O–H groups in total. The van der Waals surface area contributed by atoms with Gasteiger partial charge in [-0.2, -0.15) is 0 Å². The van der Waals surface area contributed by atoms with Crippen LogP contribution in [0.25, 0.3) is 0 Å². The fourth-order valence-corrected chi connectivity index (χ4v) is 1.59. The average molecular weight is 302 g/mol. The minimum absolute atomic E-state index is 0.0161. The minimum Gasteiger partial charge on any atom is -0.382 e. The first-order valence-corrected chi connectivity index (χ1v) is 5.63. The van der Waals surface area contributed by atoms with Gasteiger partial charge in [0.1, 0.15) is 17.3 Å². The number of amides is 1. The number of nitrogen functional groups attached to an aromatic ring is 1. The summed E-state index contributed by atoms with van der Waals surface area (Å²) >= 11 is 5.68. The number of pyridine rings is 1. The fraction of sp³-hybridized carbons (Fsp3) is 0. The molecule has 0 aliphatic heterocycles. The number of benzene rings is 1. The lowest BCUT2D eigenvalue weighted by Gasteiger charge is -2.08. The molecule has 0 bridgehead atoms. The van der Waals surface area contributed by atoms with Gasteiger partial charge < -0.3 is 11.1 Å². The lowest BCUT2D eigenvalue weighted by atomic mass is 10.2. The van der Waals surface area contributed by atoms with E-state index in [1.165, 1.54) is 6.07 Å². The van der Waals surface area contributed by atoms with Gasteiger partial charge in [-0.05, 0) is 6.07 Å². The third-order valence-corrected chi connectivity index (χ3v) is 2.68. The van der Waals surface area contributed by atoms with E-state index < -0.39 is 29.0 Å². The molecular weight excluding hydrogens is 295 g/mol. The van der Waals surface area contributed by atoms with Gasteiger partial charge in [-0.3, -0.25) is 4.79 Å². The summed E-state index contributed by atoms with van der Waals surface area (Å²) in [6, 6.07) is 2.10. The molecule has 1 amide bonds. The topological polar surface area (TPSA) is 68.0 Å². The van der Waals surface area contributed by atoms with Gasteiger partial charge in [-0.1, -0.05) is 11.6 Å². The summed E-state index contributed by atoms with van der Waals surface area (Å²) in [7, 11) is 0. The quantitative estimate of drug-likeness (QED) is 0.896. The van der Waals surface area contributed by atoms with E-state index in [9.17, 15) is 18.0 Å². The van der Waals surface area contributed by atoms with E-state index in [1.54, 1.807) is 0 Å². The molecule has 1 aromatic heterocycles. The Bertz CT molecular complexity index is 671. The molecule has 1 aromatic carbocycles. The Labute approximate surface area is 116 Å². The number of nitrogens with two attached hydrogens (primary N) is 1. The number of nitrogens with zero attached hydrogens (tertiary/aromatic N) is 1. The van der Waals surface area contributed by atoms with Crippen LogP contribution in [0.5, 0.6) is 0 Å². The molecule has 4 nitrogen and oxygen atoms in total. The van der Waals surface area contributed by atoms with Crippen LogP contribution < -0.4 is 11.1 Å². The molecule has 20 heavy (non-hydrogen) atoms. The SMILES string of the molecule is Nc1ncc(C(=O)Nc2c(F)cc(F)cc2F)cc1Cl. The Morgan fingerprint density at radius 1 is 1.20 bits per heavy atom. The Hall–Kier alpha value is -2.28. The molecule has 0 aliphatic rings. The van der Waals surface area contributed by atoms with Gasteiger partial charge in [0.2, 0.25) is 0 Å². The van der Waals surface area contributed by atoms with E-state index in [-0.39, 0.29) is 16.4 Å². The highest BCUT2D eigenvalue weighted by Gasteiger charge is 2.16. The van der Waals surface area contributed by atoms with E-state index in [2.05, 4.69) is 4.98 Å². The monoisotopic (exact) mass is 301 g/mol. The minimum atomic E-state index is -1.23. The normalized spacial score (nSPS) is 10.4. The zero-order chi connectivity index (χ0) is 14.9. The van der Waals surface area contributed by atoms with E-state index in [0.717, 1.165) is 6.20 Å². The summed E-state index contributed by atoms with van der Waals surface area (Å²) in [6.07, 6.45) is 1.09. The maximum atomic E-state index is 13.4. The zero-order valence-electron chi connectivity index (χ0n) is 9.75. The first-order valence-electron chi connectivity index (χ1n) is 5.25. The molecule has 0 saturated carbocycles. The summed E-state index contributed by atoms with van der Waals surface area (Å²) < 4.78 is 39.5. The largest absolute Gasteiger partial charge is 0.382 e. The maximum Gasteiger partial charge on any atom is 0.257 e. The first kappa shape index (κ1) is 14.1. The molecule has 2 aromatic rings. The molecule has 104 valence electrons. The number of anilines is 2. The lowest BCUT2D eigenvalue weighted by Crippen LogP contribution is -2.15. The summed E-state index contributed by atoms with van der Waals surface area (Å²) in [5.41, 5.74) is 4.56. The van der Waals surface area contributed by atoms with Crippen molar-refractivity contribution >= 4 is 29.0 Å². The van der Waals surface area contributed by atoms with Crippen molar-refractivity contribution in [2.24, 2.45) is 0 Å². The second kappa shape index (κ2) is 5.38. The second-order valence-corrected chi connectivity index (χ2v) is 4.20. The Kier molecular flexibility index (Phi) is 3.80. The van der Waals surface area contributed by atoms with Crippen LogP contribution in [-0.2, 0) is 0 Å². The fourth-order valence-electron chi connectivity index (χ4n) is 1.42. The Morgan fingerprint density at radius 3 is 2.35 bits per heavy atom. The van der Waals surface area contributed by atoms with Crippen LogP contribution in [0.15, 0.2) is 24.4 Å². The van der Waals surface area contributed by atoms with E-state index in [0.29, 0.717) is 12.1 Å². The van der Waals surface area contributed by atoms with Crippen LogP contribution in [0.4, 0.5) is 24.7 Å². The van der Waals surface area contributed by atoms with Gasteiger partial charge in [0, 0.05) is 18.3 Å². The predicted molar refractivity (Wildman–Crippen MR) is 67.9 cm³/mol. The molecule has 2 rings (SSSR count). The number of hydrogen-bond acceptors (Lipinski definition) is 3. The molecule has 0 fully saturated rings. The van der Waals surface area contributed by atoms with Crippen molar-refractivity contribution in [3.05, 3.63) is 52.4 Å². The van der Waals surface area contributed by atoms with Gasteiger partial charge in [-0.25, -0.2) is 18.2 Å². The standard InChI is InChI=1S/C12H7ClF3N3O/c13-7-1-5(4-18-11(7)17)12(20)19-10-8(15)2-6(14)3-9(10)16/h1-4H,(H2,17,18)(H,19,20). The van der Waals surface area contributed by atoms with Crippen molar-refractivity contribution in [3.63, 3.8) is 0 Å². The average Bonchev–Trinajstić information content (AvgIpc) is 2.36. The zero-order valence-corrected chi connectivity index (χ0v) is 10.5. The highest BCUT2D eigenvalue weighted by Crippen LogP contribution is 2.22. The lowest BCUT2D eigenvalue weighted by molar-refractivity contribution is 0.102. The van der Waals surface area contributed by atoms with Crippen LogP contribution in [0.1, 0.15) is 10.4 Å². The number of halogens is 4. The molecule has 0 saturated heterocycles. The van der Waals surface area contributed by atoms with Crippen LogP contribution in [-0.4, -0.2) is 10.9 Å². The third kappa shape index (κ3) is 2.83. The molecule has 1 heterocycles. The summed E-state index contributed by atoms with van der Waals surface area (Å²) in [5.74, 6) is -4.39. The van der Waals surface area contributed by atoms with Crippen molar-refractivity contribution in [2.75, 3.05) is 11.1 Å². The molecule has 0 atom stereocenters. The highest BCUT2D eigenvalue weighted by molar-refractivity contribution is 6.33. The van der Waals surface area contributed by atoms with Crippen molar-refractivity contribution in [1.29, 1.82) is 0 Å². The van der Waals surface area contributed by atoms with Crippen LogP contribution >= 0.6 is 11.6 Å². The van der Waals surface area contributed by atoms with Gasteiger partial charge in [0.05, 0.1) is 10.6 Å². The van der Waals surface area contributed by atoms with Gasteiger partial charge in [0.25, 0.3) is 5.91 Å². The molecule has 0 unspecified atom stereocenters. The first-order chi connectivity index (χ1) is 9.38. The molecular formula is C12H7ClF3N3O. The van der Waals surface area contributed by atoms with Gasteiger partial charge >= 0.3 is 0 Å². The summed E-state index contributed by atoms with van der Waals surface area (Å²) in [5, 5.41) is 2.00. The number of aromatic nitrogens is 1. The molecule has 0 radical (unpaired) electrons. The van der Waals surface area contributed by atoms with Crippen LogP contribution in [0.2, 0.25) is 5.02 Å². The van der Waals surface area contributed by atoms with Crippen molar-refractivity contribution < 1.29 is 18.0 Å². The van der Waals surface area contributed by atoms with E-state index >= 15 is 0 Å². The number of carbonyl (C=O) groups is 1. The van der Waals surface area contributed by atoms with E-state index in [1.807, 2.05) is 5.32 Å². The summed E-state index contributed by atoms with van der Waals surface area (Å²) in [6.45, 7) is 0. The number of carbonyl (C=O) groups excluding carboxylic acids is 1. The number of nitrogens with one attached hydrogen (secondary N) is 1. The maximum absolute atomic E-state index is 13.4. The van der Waals surface area contributed by atoms with Crippen LogP contribution in [0, 0.1) is 17.5 Å². The van der Waals surface area contributed by atoms with Crippen molar-refractivity contribution in [1.82, 2.24) is 4.98 Å². The number of hydrogen-bond donors (Lipinski definition) is 2. The van der Waals surface area contributed by atoms with Crippen LogP contribution in [0.3, 0.4) is 0 Å². The van der Waals surface area contributed by atoms with Crippen molar-refractivity contribution in [3.8, 4) is 0 Å². The van der Waals surface area contributed by atoms with Gasteiger partial charge in [0.15, 0.2) is 11.6 Å². The van der Waals surface area contributed by atoms with Crippen molar-refractivity contribution in [2.45, 2.75) is 0 Å². The Balaban J connectivity index is 2.30. The number of rotatable bonds is 2. The van der Waals surface area contributed by atoms with Gasteiger partial charge in [-0.15, -0.1) is 0 Å². The molecule has 0 aliphatic carbocycles. The molecule has 8 heteroatoms. The molecule has 0 spiro atoms. The smallest absolute Gasteiger partial charge is 0.257 e. The van der Waals surface area contributed by atoms with E-state index in [4.69, 9.17) is 17.3 Å².